The Labute approximate surface area is 125 Å². The fourth-order valence-electron chi connectivity index (χ4n) is 2.99. The molecule has 21 heavy (non-hydrogen) atoms. The van der Waals surface area contributed by atoms with E-state index in [9.17, 15) is 5.11 Å². The maximum Gasteiger partial charge on any atom is 0.0914 e. The van der Waals surface area contributed by atoms with Crippen LogP contribution in [0.2, 0.25) is 0 Å². The van der Waals surface area contributed by atoms with Gasteiger partial charge in [0.2, 0.25) is 0 Å². The second kappa shape index (κ2) is 5.34. The molecule has 3 rings (SSSR count). The first-order chi connectivity index (χ1) is 10.1. The molecule has 0 heterocycles. The van der Waals surface area contributed by atoms with Crippen LogP contribution in [0.15, 0.2) is 66.7 Å². The summed E-state index contributed by atoms with van der Waals surface area (Å²) in [4.78, 5) is 0. The van der Waals surface area contributed by atoms with E-state index in [0.29, 0.717) is 6.42 Å². The van der Waals surface area contributed by atoms with Crippen LogP contribution < -0.4 is 0 Å². The van der Waals surface area contributed by atoms with E-state index in [4.69, 9.17) is 0 Å². The SMILES string of the molecule is Cc1cc([C@](C)(O)Cc2ccccc2)c2ccccc2c1. The van der Waals surface area contributed by atoms with Gasteiger partial charge in [0.05, 0.1) is 5.60 Å². The van der Waals surface area contributed by atoms with Crippen molar-refractivity contribution in [3.63, 3.8) is 0 Å². The molecule has 0 fully saturated rings. The van der Waals surface area contributed by atoms with Crippen molar-refractivity contribution in [2.45, 2.75) is 25.9 Å². The molecule has 1 heteroatoms. The Bertz CT molecular complexity index is 757. The molecule has 0 saturated carbocycles. The highest BCUT2D eigenvalue weighted by molar-refractivity contribution is 5.87. The summed E-state index contributed by atoms with van der Waals surface area (Å²) in [5.41, 5.74) is 2.44. The molecule has 0 radical (unpaired) electrons. The summed E-state index contributed by atoms with van der Waals surface area (Å²) in [5, 5.41) is 13.4. The quantitative estimate of drug-likeness (QED) is 0.741. The van der Waals surface area contributed by atoms with Crippen LogP contribution in [-0.4, -0.2) is 5.11 Å². The molecule has 0 aliphatic rings. The van der Waals surface area contributed by atoms with Gasteiger partial charge in [0, 0.05) is 6.42 Å². The number of rotatable bonds is 3. The van der Waals surface area contributed by atoms with Crippen molar-refractivity contribution in [3.8, 4) is 0 Å². The first kappa shape index (κ1) is 13.8. The molecule has 1 atom stereocenters. The molecule has 0 spiro atoms. The van der Waals surface area contributed by atoms with Crippen LogP contribution in [0.1, 0.15) is 23.6 Å². The summed E-state index contributed by atoms with van der Waals surface area (Å²) >= 11 is 0. The van der Waals surface area contributed by atoms with Gasteiger partial charge < -0.3 is 5.11 Å². The van der Waals surface area contributed by atoms with Crippen molar-refractivity contribution >= 4 is 10.8 Å². The molecule has 0 amide bonds. The average Bonchev–Trinajstić information content (AvgIpc) is 2.47. The number of hydrogen-bond donors (Lipinski definition) is 1. The van der Waals surface area contributed by atoms with Gasteiger partial charge in [-0.15, -0.1) is 0 Å². The summed E-state index contributed by atoms with van der Waals surface area (Å²) in [6.07, 6.45) is 0.612. The monoisotopic (exact) mass is 276 g/mol. The molecule has 3 aromatic rings. The molecule has 1 N–H and O–H groups in total. The predicted octanol–water partition coefficient (Wildman–Crippen LogP) is 4.60. The Morgan fingerprint density at radius 3 is 2.33 bits per heavy atom. The average molecular weight is 276 g/mol. The largest absolute Gasteiger partial charge is 0.385 e. The van der Waals surface area contributed by atoms with Crippen LogP contribution in [-0.2, 0) is 12.0 Å². The molecule has 0 aromatic heterocycles. The van der Waals surface area contributed by atoms with Crippen molar-refractivity contribution in [2.75, 3.05) is 0 Å². The van der Waals surface area contributed by atoms with Crippen LogP contribution >= 0.6 is 0 Å². The third-order valence-electron chi connectivity index (χ3n) is 3.98. The minimum atomic E-state index is -0.882. The zero-order chi connectivity index (χ0) is 14.9. The lowest BCUT2D eigenvalue weighted by Gasteiger charge is -2.26. The highest BCUT2D eigenvalue weighted by atomic mass is 16.3. The molecule has 0 saturated heterocycles. The molecule has 3 aromatic carbocycles. The van der Waals surface area contributed by atoms with E-state index in [1.807, 2.05) is 37.3 Å². The third kappa shape index (κ3) is 2.84. The Hall–Kier alpha value is -2.12. The Morgan fingerprint density at radius 1 is 0.905 bits per heavy atom. The smallest absolute Gasteiger partial charge is 0.0914 e. The normalized spacial score (nSPS) is 14.0. The van der Waals surface area contributed by atoms with Crippen LogP contribution in [0.5, 0.6) is 0 Å². The van der Waals surface area contributed by atoms with Crippen LogP contribution in [0.3, 0.4) is 0 Å². The maximum absolute atomic E-state index is 11.1. The molecular weight excluding hydrogens is 256 g/mol. The van der Waals surface area contributed by atoms with Gasteiger partial charge in [-0.2, -0.15) is 0 Å². The van der Waals surface area contributed by atoms with Gasteiger partial charge in [-0.3, -0.25) is 0 Å². The lowest BCUT2D eigenvalue weighted by molar-refractivity contribution is 0.0591. The van der Waals surface area contributed by atoms with E-state index in [1.54, 1.807) is 0 Å². The summed E-state index contributed by atoms with van der Waals surface area (Å²) in [7, 11) is 0. The highest BCUT2D eigenvalue weighted by Crippen LogP contribution is 2.32. The van der Waals surface area contributed by atoms with Gasteiger partial charge in [-0.25, -0.2) is 0 Å². The number of hydrogen-bond acceptors (Lipinski definition) is 1. The molecule has 0 unspecified atom stereocenters. The van der Waals surface area contributed by atoms with Crippen molar-refractivity contribution in [2.24, 2.45) is 0 Å². The Balaban J connectivity index is 2.10. The van der Waals surface area contributed by atoms with Crippen molar-refractivity contribution < 1.29 is 5.11 Å². The summed E-state index contributed by atoms with van der Waals surface area (Å²) < 4.78 is 0. The fourth-order valence-corrected chi connectivity index (χ4v) is 2.99. The van der Waals surface area contributed by atoms with E-state index in [1.165, 1.54) is 10.9 Å². The summed E-state index contributed by atoms with van der Waals surface area (Å²) in [6.45, 7) is 3.98. The molecule has 0 bridgehead atoms. The predicted molar refractivity (Wildman–Crippen MR) is 88.4 cm³/mol. The maximum atomic E-state index is 11.1. The Morgan fingerprint density at radius 2 is 1.57 bits per heavy atom. The Kier molecular flexibility index (Phi) is 3.52. The van der Waals surface area contributed by atoms with Crippen molar-refractivity contribution in [1.82, 2.24) is 0 Å². The molecule has 1 nitrogen and oxygen atoms in total. The minimum Gasteiger partial charge on any atom is -0.385 e. The summed E-state index contributed by atoms with van der Waals surface area (Å²) in [5.74, 6) is 0. The zero-order valence-corrected chi connectivity index (χ0v) is 12.5. The van der Waals surface area contributed by atoms with Gasteiger partial charge in [0.15, 0.2) is 0 Å². The van der Waals surface area contributed by atoms with E-state index >= 15 is 0 Å². The molecule has 0 aliphatic carbocycles. The van der Waals surface area contributed by atoms with Crippen LogP contribution in [0.4, 0.5) is 0 Å². The molecule has 0 aliphatic heterocycles. The second-order valence-corrected chi connectivity index (χ2v) is 5.97. The highest BCUT2D eigenvalue weighted by Gasteiger charge is 2.25. The lowest BCUT2D eigenvalue weighted by Crippen LogP contribution is -2.24. The van der Waals surface area contributed by atoms with Crippen molar-refractivity contribution in [1.29, 1.82) is 0 Å². The van der Waals surface area contributed by atoms with E-state index in [-0.39, 0.29) is 0 Å². The number of benzene rings is 3. The minimum absolute atomic E-state index is 0.612. The van der Waals surface area contributed by atoms with E-state index in [0.717, 1.165) is 16.5 Å². The number of aliphatic hydroxyl groups is 1. The van der Waals surface area contributed by atoms with Crippen LogP contribution in [0.25, 0.3) is 10.8 Å². The van der Waals surface area contributed by atoms with Gasteiger partial charge in [-0.05, 0) is 35.7 Å². The third-order valence-corrected chi connectivity index (χ3v) is 3.98. The summed E-state index contributed by atoms with van der Waals surface area (Å²) in [6, 6.07) is 22.7. The van der Waals surface area contributed by atoms with Crippen molar-refractivity contribution in [3.05, 3.63) is 83.4 Å². The lowest BCUT2D eigenvalue weighted by atomic mass is 9.85. The van der Waals surface area contributed by atoms with Gasteiger partial charge in [0.1, 0.15) is 0 Å². The molecule has 106 valence electrons. The van der Waals surface area contributed by atoms with E-state index < -0.39 is 5.60 Å². The van der Waals surface area contributed by atoms with Gasteiger partial charge >= 0.3 is 0 Å². The topological polar surface area (TPSA) is 20.2 Å². The van der Waals surface area contributed by atoms with E-state index in [2.05, 4.69) is 43.3 Å². The standard InChI is InChI=1S/C20H20O/c1-15-12-17-10-6-7-11-18(17)19(13-15)20(2,21)14-16-8-4-3-5-9-16/h3-13,21H,14H2,1-2H3/t20-/m1/s1. The first-order valence-corrected chi connectivity index (χ1v) is 7.32. The number of aryl methyl sites for hydroxylation is 1. The first-order valence-electron chi connectivity index (χ1n) is 7.32. The fraction of sp³-hybridized carbons (Fsp3) is 0.200. The number of fused-ring (bicyclic) bond motifs is 1. The van der Waals surface area contributed by atoms with Gasteiger partial charge in [0.25, 0.3) is 0 Å². The molecular formula is C20H20O. The van der Waals surface area contributed by atoms with Gasteiger partial charge in [-0.1, -0.05) is 72.3 Å². The van der Waals surface area contributed by atoms with Crippen LogP contribution in [0, 0.1) is 6.92 Å². The second-order valence-electron chi connectivity index (χ2n) is 5.97. The zero-order valence-electron chi connectivity index (χ0n) is 12.5.